The second kappa shape index (κ2) is 6.57. The molecule has 1 aliphatic carbocycles. The second-order valence-electron chi connectivity index (χ2n) is 4.96. The molecule has 2 rings (SSSR count). The van der Waals surface area contributed by atoms with Crippen molar-refractivity contribution < 1.29 is 4.79 Å². The molecule has 5 heteroatoms. The van der Waals surface area contributed by atoms with Crippen molar-refractivity contribution in [2.75, 3.05) is 26.2 Å². The van der Waals surface area contributed by atoms with Gasteiger partial charge < -0.3 is 14.8 Å². The van der Waals surface area contributed by atoms with E-state index in [1.807, 2.05) is 12.3 Å². The number of carbonyl (C=O) groups excluding carboxylic acids is 1. The number of hydrogen-bond donors (Lipinski definition) is 1. The van der Waals surface area contributed by atoms with Gasteiger partial charge in [0.2, 0.25) is 0 Å². The molecule has 106 valence electrons. The van der Waals surface area contributed by atoms with Crippen LogP contribution in [0, 0.1) is 0 Å². The molecule has 1 amide bonds. The van der Waals surface area contributed by atoms with Gasteiger partial charge in [-0.05, 0) is 47.9 Å². The Labute approximate surface area is 123 Å². The molecular formula is C14H22BrN3O. The lowest BCUT2D eigenvalue weighted by molar-refractivity contribution is 0.0939. The average Bonchev–Trinajstić information content (AvgIpc) is 3.17. The van der Waals surface area contributed by atoms with Gasteiger partial charge in [-0.1, -0.05) is 13.8 Å². The molecule has 1 aliphatic rings. The Morgan fingerprint density at radius 1 is 1.47 bits per heavy atom. The van der Waals surface area contributed by atoms with Crippen molar-refractivity contribution in [2.24, 2.45) is 0 Å². The third-order valence-corrected chi connectivity index (χ3v) is 4.03. The van der Waals surface area contributed by atoms with E-state index in [0.717, 1.165) is 29.8 Å². The van der Waals surface area contributed by atoms with Gasteiger partial charge in [-0.15, -0.1) is 0 Å². The number of nitrogens with one attached hydrogen (secondary N) is 1. The molecule has 0 radical (unpaired) electrons. The Morgan fingerprint density at radius 3 is 2.74 bits per heavy atom. The van der Waals surface area contributed by atoms with E-state index < -0.39 is 0 Å². The zero-order valence-corrected chi connectivity index (χ0v) is 13.2. The first-order valence-corrected chi connectivity index (χ1v) is 7.83. The van der Waals surface area contributed by atoms with Gasteiger partial charge in [0.15, 0.2) is 0 Å². The minimum atomic E-state index is 0.0322. The highest BCUT2D eigenvalue weighted by molar-refractivity contribution is 9.10. The zero-order valence-electron chi connectivity index (χ0n) is 11.7. The number of likely N-dealkylation sites (N-methyl/N-ethyl adjacent to an activating group) is 1. The number of halogens is 1. The van der Waals surface area contributed by atoms with E-state index in [1.165, 1.54) is 12.8 Å². The van der Waals surface area contributed by atoms with Crippen LogP contribution in [0.15, 0.2) is 16.7 Å². The summed E-state index contributed by atoms with van der Waals surface area (Å²) in [6.07, 6.45) is 4.37. The van der Waals surface area contributed by atoms with Gasteiger partial charge in [-0.3, -0.25) is 4.79 Å². The smallest absolute Gasteiger partial charge is 0.268 e. The molecule has 1 heterocycles. The van der Waals surface area contributed by atoms with Crippen LogP contribution in [0.5, 0.6) is 0 Å². The Bertz CT molecular complexity index is 436. The molecule has 4 nitrogen and oxygen atoms in total. The molecule has 1 aromatic rings. The fourth-order valence-corrected chi connectivity index (χ4v) is 2.68. The third-order valence-electron chi connectivity index (χ3n) is 3.60. The predicted molar refractivity (Wildman–Crippen MR) is 80.5 cm³/mol. The van der Waals surface area contributed by atoms with Crippen molar-refractivity contribution in [1.82, 2.24) is 14.8 Å². The first-order valence-electron chi connectivity index (χ1n) is 7.03. The van der Waals surface area contributed by atoms with Gasteiger partial charge in [-0.2, -0.15) is 0 Å². The van der Waals surface area contributed by atoms with Crippen molar-refractivity contribution in [1.29, 1.82) is 0 Å². The van der Waals surface area contributed by atoms with Crippen LogP contribution in [0.1, 0.15) is 43.2 Å². The van der Waals surface area contributed by atoms with Crippen LogP contribution < -0.4 is 5.32 Å². The van der Waals surface area contributed by atoms with Crippen molar-refractivity contribution in [3.8, 4) is 0 Å². The van der Waals surface area contributed by atoms with Gasteiger partial charge in [0.25, 0.3) is 5.91 Å². The number of rotatable bonds is 7. The fourth-order valence-electron chi connectivity index (χ4n) is 2.24. The maximum absolute atomic E-state index is 12.2. The van der Waals surface area contributed by atoms with Gasteiger partial charge >= 0.3 is 0 Å². The molecule has 0 aromatic carbocycles. The third kappa shape index (κ3) is 3.83. The molecular weight excluding hydrogens is 306 g/mol. The Hall–Kier alpha value is -0.810. The normalized spacial score (nSPS) is 14.9. The lowest BCUT2D eigenvalue weighted by Crippen LogP contribution is -2.35. The SMILES string of the molecule is CCN(CC)CCNC(=O)c1cc(Br)cn1C1CC1. The molecule has 1 saturated carbocycles. The predicted octanol–water partition coefficient (Wildman–Crippen LogP) is 2.66. The van der Waals surface area contributed by atoms with Crippen LogP contribution in [0.25, 0.3) is 0 Å². The van der Waals surface area contributed by atoms with Crippen LogP contribution in [0.2, 0.25) is 0 Å². The Balaban J connectivity index is 1.89. The molecule has 0 aliphatic heterocycles. The van der Waals surface area contributed by atoms with E-state index in [1.54, 1.807) is 0 Å². The topological polar surface area (TPSA) is 37.3 Å². The molecule has 19 heavy (non-hydrogen) atoms. The maximum atomic E-state index is 12.2. The number of aromatic nitrogens is 1. The Morgan fingerprint density at radius 2 is 2.16 bits per heavy atom. The summed E-state index contributed by atoms with van der Waals surface area (Å²) in [4.78, 5) is 14.5. The number of nitrogens with zero attached hydrogens (tertiary/aromatic N) is 2. The lowest BCUT2D eigenvalue weighted by atomic mass is 10.3. The van der Waals surface area contributed by atoms with Crippen molar-refractivity contribution in [2.45, 2.75) is 32.7 Å². The minimum absolute atomic E-state index is 0.0322. The second-order valence-corrected chi connectivity index (χ2v) is 5.88. The average molecular weight is 328 g/mol. The summed E-state index contributed by atoms with van der Waals surface area (Å²) in [5, 5.41) is 3.01. The minimum Gasteiger partial charge on any atom is -0.349 e. The van der Waals surface area contributed by atoms with E-state index in [2.05, 4.69) is 44.6 Å². The molecule has 0 spiro atoms. The first kappa shape index (κ1) is 14.6. The monoisotopic (exact) mass is 327 g/mol. The van der Waals surface area contributed by atoms with E-state index in [4.69, 9.17) is 0 Å². The van der Waals surface area contributed by atoms with Crippen molar-refractivity contribution in [3.05, 3.63) is 22.4 Å². The number of hydrogen-bond acceptors (Lipinski definition) is 2. The molecule has 0 saturated heterocycles. The summed E-state index contributed by atoms with van der Waals surface area (Å²) in [6.45, 7) is 7.94. The summed E-state index contributed by atoms with van der Waals surface area (Å²) in [7, 11) is 0. The fraction of sp³-hybridized carbons (Fsp3) is 0.643. The highest BCUT2D eigenvalue weighted by Gasteiger charge is 2.27. The van der Waals surface area contributed by atoms with E-state index in [0.29, 0.717) is 12.6 Å². The van der Waals surface area contributed by atoms with Crippen LogP contribution in [0.3, 0.4) is 0 Å². The van der Waals surface area contributed by atoms with Crippen molar-refractivity contribution in [3.63, 3.8) is 0 Å². The maximum Gasteiger partial charge on any atom is 0.268 e. The van der Waals surface area contributed by atoms with Crippen LogP contribution >= 0.6 is 15.9 Å². The molecule has 0 bridgehead atoms. The summed E-state index contributed by atoms with van der Waals surface area (Å²) in [5.41, 5.74) is 0.772. The zero-order chi connectivity index (χ0) is 13.8. The molecule has 1 aromatic heterocycles. The van der Waals surface area contributed by atoms with Gasteiger partial charge in [0, 0.05) is 29.8 Å². The highest BCUT2D eigenvalue weighted by atomic mass is 79.9. The van der Waals surface area contributed by atoms with E-state index >= 15 is 0 Å². The quantitative estimate of drug-likeness (QED) is 0.836. The highest BCUT2D eigenvalue weighted by Crippen LogP contribution is 2.37. The van der Waals surface area contributed by atoms with Gasteiger partial charge in [0.1, 0.15) is 5.69 Å². The molecule has 0 atom stereocenters. The van der Waals surface area contributed by atoms with Gasteiger partial charge in [-0.25, -0.2) is 0 Å². The molecule has 0 unspecified atom stereocenters. The standard InChI is InChI=1S/C14H22BrN3O/c1-3-17(4-2)8-7-16-14(19)13-9-11(15)10-18(13)12-5-6-12/h9-10,12H,3-8H2,1-2H3,(H,16,19). The largest absolute Gasteiger partial charge is 0.349 e. The van der Waals surface area contributed by atoms with Gasteiger partial charge in [0.05, 0.1) is 0 Å². The Kier molecular flexibility index (Phi) is 5.05. The lowest BCUT2D eigenvalue weighted by Gasteiger charge is -2.18. The number of carbonyl (C=O) groups is 1. The van der Waals surface area contributed by atoms with Crippen LogP contribution in [-0.4, -0.2) is 41.6 Å². The van der Waals surface area contributed by atoms with E-state index in [-0.39, 0.29) is 5.91 Å². The molecule has 1 fully saturated rings. The van der Waals surface area contributed by atoms with E-state index in [9.17, 15) is 4.79 Å². The number of amides is 1. The summed E-state index contributed by atoms with van der Waals surface area (Å²) in [5.74, 6) is 0.0322. The van der Waals surface area contributed by atoms with Crippen molar-refractivity contribution >= 4 is 21.8 Å². The summed E-state index contributed by atoms with van der Waals surface area (Å²) < 4.78 is 3.07. The summed E-state index contributed by atoms with van der Waals surface area (Å²) >= 11 is 3.45. The first-order chi connectivity index (χ1) is 9.15. The van der Waals surface area contributed by atoms with Crippen LogP contribution in [0.4, 0.5) is 0 Å². The van der Waals surface area contributed by atoms with Crippen LogP contribution in [-0.2, 0) is 0 Å². The summed E-state index contributed by atoms with van der Waals surface area (Å²) in [6, 6.07) is 2.43. The molecule has 1 N–H and O–H groups in total.